The van der Waals surface area contributed by atoms with Crippen molar-refractivity contribution < 1.29 is 9.63 Å². The van der Waals surface area contributed by atoms with Crippen LogP contribution in [-0.2, 0) is 6.54 Å². The molecule has 0 spiro atoms. The number of aromatic hydroxyl groups is 1. The number of likely N-dealkylation sites (tertiary alicyclic amines) is 1. The molecule has 130 valence electrons. The van der Waals surface area contributed by atoms with Crippen molar-refractivity contribution in [1.29, 1.82) is 0 Å². The number of aryl methyl sites for hydroxylation is 2. The topological polar surface area (TPSA) is 49.5 Å². The molecule has 3 rings (SSSR count). The number of phenolic OH excluding ortho intramolecular Hbond substituents is 1. The van der Waals surface area contributed by atoms with E-state index in [0.29, 0.717) is 5.75 Å². The van der Waals surface area contributed by atoms with Crippen molar-refractivity contribution in [3.8, 4) is 16.9 Å². The van der Waals surface area contributed by atoms with Crippen LogP contribution in [0, 0.1) is 25.7 Å². The Morgan fingerprint density at radius 2 is 1.92 bits per heavy atom. The first-order valence-corrected chi connectivity index (χ1v) is 8.92. The summed E-state index contributed by atoms with van der Waals surface area (Å²) in [6, 6.07) is 5.82. The SMILES string of the molecule is Cc1noc(C)c1-c1cc(O)cc(CN2CCC(C(C)C)CC2)c1. The molecule has 1 N–H and O–H groups in total. The molecule has 1 saturated heterocycles. The third kappa shape index (κ3) is 3.64. The van der Waals surface area contributed by atoms with E-state index in [1.807, 2.05) is 19.9 Å². The van der Waals surface area contributed by atoms with E-state index in [4.69, 9.17) is 4.52 Å². The van der Waals surface area contributed by atoms with Gasteiger partial charge < -0.3 is 9.63 Å². The van der Waals surface area contributed by atoms with Crippen LogP contribution in [0.15, 0.2) is 22.7 Å². The van der Waals surface area contributed by atoms with Crippen LogP contribution in [-0.4, -0.2) is 28.3 Å². The molecule has 4 nitrogen and oxygen atoms in total. The van der Waals surface area contributed by atoms with Gasteiger partial charge in [0.1, 0.15) is 11.5 Å². The van der Waals surface area contributed by atoms with Gasteiger partial charge in [-0.3, -0.25) is 4.90 Å². The van der Waals surface area contributed by atoms with Crippen LogP contribution in [0.4, 0.5) is 0 Å². The first kappa shape index (κ1) is 17.0. The molecule has 0 bridgehead atoms. The largest absolute Gasteiger partial charge is 0.508 e. The predicted octanol–water partition coefficient (Wildman–Crippen LogP) is 4.53. The summed E-state index contributed by atoms with van der Waals surface area (Å²) < 4.78 is 5.27. The Hall–Kier alpha value is -1.81. The third-order valence-electron chi connectivity index (χ3n) is 5.28. The van der Waals surface area contributed by atoms with Crippen molar-refractivity contribution in [3.05, 3.63) is 35.2 Å². The zero-order valence-corrected chi connectivity index (χ0v) is 15.2. The Morgan fingerprint density at radius 1 is 1.21 bits per heavy atom. The average molecular weight is 328 g/mol. The number of piperidine rings is 1. The smallest absolute Gasteiger partial charge is 0.141 e. The number of benzene rings is 1. The molecule has 0 unspecified atom stereocenters. The Bertz CT molecular complexity index is 678. The molecule has 1 aromatic heterocycles. The van der Waals surface area contributed by atoms with Crippen molar-refractivity contribution in [2.45, 2.75) is 47.1 Å². The summed E-state index contributed by atoms with van der Waals surface area (Å²) >= 11 is 0. The molecule has 1 aromatic carbocycles. The molecule has 0 atom stereocenters. The third-order valence-corrected chi connectivity index (χ3v) is 5.28. The summed E-state index contributed by atoms with van der Waals surface area (Å²) in [5, 5.41) is 14.2. The van der Waals surface area contributed by atoms with Crippen LogP contribution in [0.5, 0.6) is 5.75 Å². The van der Waals surface area contributed by atoms with Crippen LogP contribution in [0.1, 0.15) is 43.7 Å². The molecule has 1 aliphatic rings. The van der Waals surface area contributed by atoms with E-state index in [-0.39, 0.29) is 0 Å². The molecule has 2 heterocycles. The lowest BCUT2D eigenvalue weighted by Crippen LogP contribution is -2.34. The molecule has 0 amide bonds. The Kier molecular flexibility index (Phi) is 4.95. The van der Waals surface area contributed by atoms with Crippen LogP contribution in [0.3, 0.4) is 0 Å². The van der Waals surface area contributed by atoms with Gasteiger partial charge in [0.05, 0.1) is 5.69 Å². The monoisotopic (exact) mass is 328 g/mol. The van der Waals surface area contributed by atoms with Crippen molar-refractivity contribution in [2.24, 2.45) is 11.8 Å². The van der Waals surface area contributed by atoms with E-state index >= 15 is 0 Å². The van der Waals surface area contributed by atoms with Gasteiger partial charge in [-0.05, 0) is 80.9 Å². The van der Waals surface area contributed by atoms with E-state index in [9.17, 15) is 5.11 Å². The van der Waals surface area contributed by atoms with E-state index < -0.39 is 0 Å². The minimum atomic E-state index is 0.305. The second-order valence-corrected chi connectivity index (χ2v) is 7.44. The van der Waals surface area contributed by atoms with Crippen LogP contribution >= 0.6 is 0 Å². The number of hydrogen-bond acceptors (Lipinski definition) is 4. The predicted molar refractivity (Wildman–Crippen MR) is 95.9 cm³/mol. The van der Waals surface area contributed by atoms with Crippen LogP contribution < -0.4 is 0 Å². The summed E-state index contributed by atoms with van der Waals surface area (Å²) in [7, 11) is 0. The summed E-state index contributed by atoms with van der Waals surface area (Å²) in [5.74, 6) is 2.73. The second kappa shape index (κ2) is 6.98. The standard InChI is InChI=1S/C20H28N2O2/c1-13(2)17-5-7-22(8-6-17)12-16-9-18(11-19(23)10-16)20-14(3)21-24-15(20)4/h9-11,13,17,23H,5-8,12H2,1-4H3. The summed E-state index contributed by atoms with van der Waals surface area (Å²) in [5.41, 5.74) is 3.98. The highest BCUT2D eigenvalue weighted by Gasteiger charge is 2.22. The summed E-state index contributed by atoms with van der Waals surface area (Å²) in [6.07, 6.45) is 2.54. The van der Waals surface area contributed by atoms with Gasteiger partial charge in [-0.1, -0.05) is 19.0 Å². The van der Waals surface area contributed by atoms with E-state index in [1.165, 1.54) is 12.8 Å². The first-order valence-electron chi connectivity index (χ1n) is 8.92. The van der Waals surface area contributed by atoms with Gasteiger partial charge in [0.2, 0.25) is 0 Å². The zero-order valence-electron chi connectivity index (χ0n) is 15.2. The first-order chi connectivity index (χ1) is 11.4. The highest BCUT2D eigenvalue weighted by atomic mass is 16.5. The maximum atomic E-state index is 10.1. The van der Waals surface area contributed by atoms with E-state index in [0.717, 1.165) is 59.6 Å². The van der Waals surface area contributed by atoms with Gasteiger partial charge >= 0.3 is 0 Å². The maximum absolute atomic E-state index is 10.1. The van der Waals surface area contributed by atoms with Gasteiger partial charge in [0, 0.05) is 12.1 Å². The van der Waals surface area contributed by atoms with Gasteiger partial charge in [0.25, 0.3) is 0 Å². The molecule has 1 aliphatic heterocycles. The lowest BCUT2D eigenvalue weighted by molar-refractivity contribution is 0.152. The molecule has 0 radical (unpaired) electrons. The normalized spacial score (nSPS) is 16.9. The number of aromatic nitrogens is 1. The molecule has 24 heavy (non-hydrogen) atoms. The Labute approximate surface area is 144 Å². The molecule has 1 fully saturated rings. The zero-order chi connectivity index (χ0) is 17.3. The lowest BCUT2D eigenvalue weighted by atomic mass is 9.86. The highest BCUT2D eigenvalue weighted by Crippen LogP contribution is 2.32. The van der Waals surface area contributed by atoms with Crippen LogP contribution in [0.2, 0.25) is 0 Å². The van der Waals surface area contributed by atoms with Crippen molar-refractivity contribution in [2.75, 3.05) is 13.1 Å². The highest BCUT2D eigenvalue weighted by molar-refractivity contribution is 5.69. The van der Waals surface area contributed by atoms with E-state index in [1.54, 1.807) is 6.07 Å². The maximum Gasteiger partial charge on any atom is 0.141 e. The van der Waals surface area contributed by atoms with Crippen molar-refractivity contribution >= 4 is 0 Å². The second-order valence-electron chi connectivity index (χ2n) is 7.44. The molecular weight excluding hydrogens is 300 g/mol. The fraction of sp³-hybridized carbons (Fsp3) is 0.550. The molecule has 2 aromatic rings. The Balaban J connectivity index is 1.76. The van der Waals surface area contributed by atoms with Gasteiger partial charge in [-0.2, -0.15) is 0 Å². The number of nitrogens with zero attached hydrogens (tertiary/aromatic N) is 2. The number of hydrogen-bond donors (Lipinski definition) is 1. The fourth-order valence-electron chi connectivity index (χ4n) is 3.84. The quantitative estimate of drug-likeness (QED) is 0.895. The van der Waals surface area contributed by atoms with Gasteiger partial charge in [-0.25, -0.2) is 0 Å². The van der Waals surface area contributed by atoms with E-state index in [2.05, 4.69) is 30.0 Å². The summed E-state index contributed by atoms with van der Waals surface area (Å²) in [4.78, 5) is 2.49. The van der Waals surface area contributed by atoms with Gasteiger partial charge in [0.15, 0.2) is 0 Å². The minimum Gasteiger partial charge on any atom is -0.508 e. The average Bonchev–Trinajstić information content (AvgIpc) is 2.86. The molecule has 0 aliphatic carbocycles. The minimum absolute atomic E-state index is 0.305. The number of rotatable bonds is 4. The molecule has 0 saturated carbocycles. The Morgan fingerprint density at radius 3 is 2.50 bits per heavy atom. The van der Waals surface area contributed by atoms with Crippen LogP contribution in [0.25, 0.3) is 11.1 Å². The fourth-order valence-corrected chi connectivity index (χ4v) is 3.84. The molecule has 4 heteroatoms. The van der Waals surface area contributed by atoms with Crippen molar-refractivity contribution in [1.82, 2.24) is 10.1 Å². The van der Waals surface area contributed by atoms with Gasteiger partial charge in [-0.15, -0.1) is 0 Å². The summed E-state index contributed by atoms with van der Waals surface area (Å²) in [6.45, 7) is 11.7. The lowest BCUT2D eigenvalue weighted by Gasteiger charge is -2.33. The van der Waals surface area contributed by atoms with Crippen molar-refractivity contribution in [3.63, 3.8) is 0 Å². The molecular formula is C20H28N2O2. The number of phenols is 1.